The molecule has 1 heterocycles. The summed E-state index contributed by atoms with van der Waals surface area (Å²) in [6.45, 7) is 1.81. The first-order valence-corrected chi connectivity index (χ1v) is 5.28. The summed E-state index contributed by atoms with van der Waals surface area (Å²) in [5, 5.41) is 0. The van der Waals surface area contributed by atoms with Crippen molar-refractivity contribution in [2.45, 2.75) is 6.92 Å². The van der Waals surface area contributed by atoms with Crippen molar-refractivity contribution in [1.82, 2.24) is 4.98 Å². The number of nitrogens with zero attached hydrogens (tertiary/aromatic N) is 1. The van der Waals surface area contributed by atoms with Crippen molar-refractivity contribution in [1.29, 1.82) is 0 Å². The Hall–Kier alpha value is -1.29. The lowest BCUT2D eigenvalue weighted by molar-refractivity contribution is 0.416. The van der Waals surface area contributed by atoms with Crippen LogP contribution in [0.5, 0.6) is 5.75 Å². The molecule has 0 fully saturated rings. The predicted octanol–water partition coefficient (Wildman–Crippen LogP) is 3.42. The van der Waals surface area contributed by atoms with Gasteiger partial charge in [-0.2, -0.15) is 0 Å². The molecule has 0 unspecified atom stereocenters. The van der Waals surface area contributed by atoms with E-state index >= 15 is 0 Å². The lowest BCUT2D eigenvalue weighted by Crippen LogP contribution is -1.87. The molecule has 0 aliphatic heterocycles. The monoisotopic (exact) mass is 267 g/mol. The van der Waals surface area contributed by atoms with Gasteiger partial charge in [-0.1, -0.05) is 12.1 Å². The Morgan fingerprint density at radius 3 is 2.67 bits per heavy atom. The number of hydrogen-bond acceptors (Lipinski definition) is 3. The Balaban J connectivity index is 2.58. The average molecular weight is 268 g/mol. The van der Waals surface area contributed by atoms with Crippen molar-refractivity contribution in [3.8, 4) is 17.0 Å². The zero-order chi connectivity index (χ0) is 10.8. The van der Waals surface area contributed by atoms with Gasteiger partial charge in [-0.05, 0) is 28.1 Å². The van der Waals surface area contributed by atoms with Gasteiger partial charge in [0.2, 0.25) is 0 Å². The van der Waals surface area contributed by atoms with Gasteiger partial charge >= 0.3 is 0 Å². The van der Waals surface area contributed by atoms with E-state index in [1.165, 1.54) is 0 Å². The van der Waals surface area contributed by atoms with Gasteiger partial charge in [0, 0.05) is 12.5 Å². The van der Waals surface area contributed by atoms with Crippen molar-refractivity contribution in [2.75, 3.05) is 7.11 Å². The first kappa shape index (κ1) is 10.2. The van der Waals surface area contributed by atoms with Crippen LogP contribution in [-0.2, 0) is 0 Å². The molecule has 0 radical (unpaired) electrons. The molecule has 2 aromatic rings. The van der Waals surface area contributed by atoms with Gasteiger partial charge in [0.25, 0.3) is 0 Å². The minimum Gasteiger partial charge on any atom is -0.496 e. The molecule has 1 aromatic carbocycles. The maximum atomic E-state index is 5.32. The maximum absolute atomic E-state index is 5.32. The summed E-state index contributed by atoms with van der Waals surface area (Å²) in [6, 6.07) is 7.70. The van der Waals surface area contributed by atoms with Crippen molar-refractivity contribution >= 4 is 15.9 Å². The summed E-state index contributed by atoms with van der Waals surface area (Å²) in [6.07, 6.45) is 0. The first-order chi connectivity index (χ1) is 7.22. The number of rotatable bonds is 2. The highest BCUT2D eigenvalue weighted by atomic mass is 79.9. The fraction of sp³-hybridized carbons (Fsp3) is 0.182. The summed E-state index contributed by atoms with van der Waals surface area (Å²) in [7, 11) is 1.64. The van der Waals surface area contributed by atoms with Crippen LogP contribution < -0.4 is 4.74 Å². The number of methoxy groups -OCH3 is 1. The summed E-state index contributed by atoms with van der Waals surface area (Å²) >= 11 is 3.33. The average Bonchev–Trinajstić information content (AvgIpc) is 2.57. The van der Waals surface area contributed by atoms with Crippen molar-refractivity contribution in [2.24, 2.45) is 0 Å². The molecule has 78 valence electrons. The van der Waals surface area contributed by atoms with E-state index in [2.05, 4.69) is 20.9 Å². The Morgan fingerprint density at radius 2 is 2.07 bits per heavy atom. The summed E-state index contributed by atoms with van der Waals surface area (Å²) in [5.74, 6) is 1.41. The number of ether oxygens (including phenoxy) is 1. The lowest BCUT2D eigenvalue weighted by atomic mass is 10.1. The number of aromatic nitrogens is 1. The van der Waals surface area contributed by atoms with Crippen LogP contribution in [0.4, 0.5) is 0 Å². The molecule has 0 saturated carbocycles. The molecule has 1 aromatic heterocycles. The molecule has 0 amide bonds. The molecule has 2 rings (SSSR count). The van der Waals surface area contributed by atoms with Crippen molar-refractivity contribution < 1.29 is 9.15 Å². The molecule has 15 heavy (non-hydrogen) atoms. The Morgan fingerprint density at radius 1 is 1.33 bits per heavy atom. The SMILES string of the molecule is COc1ccccc1-c1nc(C)oc1Br. The minimum atomic E-state index is 0.628. The smallest absolute Gasteiger partial charge is 0.197 e. The van der Waals surface area contributed by atoms with Gasteiger partial charge in [-0.3, -0.25) is 0 Å². The number of para-hydroxylation sites is 1. The highest BCUT2D eigenvalue weighted by Gasteiger charge is 2.14. The van der Waals surface area contributed by atoms with Gasteiger partial charge in [0.1, 0.15) is 11.4 Å². The molecular formula is C11H10BrNO2. The molecular weight excluding hydrogens is 258 g/mol. The van der Waals surface area contributed by atoms with Gasteiger partial charge in [-0.15, -0.1) is 0 Å². The normalized spacial score (nSPS) is 10.3. The topological polar surface area (TPSA) is 35.3 Å². The minimum absolute atomic E-state index is 0.628. The Labute approximate surface area is 96.2 Å². The summed E-state index contributed by atoms with van der Waals surface area (Å²) in [5.41, 5.74) is 1.69. The third-order valence-corrected chi connectivity index (χ3v) is 2.59. The maximum Gasteiger partial charge on any atom is 0.197 e. The largest absolute Gasteiger partial charge is 0.496 e. The fourth-order valence-electron chi connectivity index (χ4n) is 1.41. The van der Waals surface area contributed by atoms with E-state index in [0.29, 0.717) is 10.6 Å². The molecule has 0 atom stereocenters. The number of benzene rings is 1. The fourth-order valence-corrected chi connectivity index (χ4v) is 1.95. The van der Waals surface area contributed by atoms with E-state index in [9.17, 15) is 0 Å². The number of aryl methyl sites for hydroxylation is 1. The lowest BCUT2D eigenvalue weighted by Gasteiger charge is -2.04. The quantitative estimate of drug-likeness (QED) is 0.837. The van der Waals surface area contributed by atoms with Crippen LogP contribution in [0.25, 0.3) is 11.3 Å². The highest BCUT2D eigenvalue weighted by Crippen LogP contribution is 2.34. The van der Waals surface area contributed by atoms with E-state index in [0.717, 1.165) is 17.0 Å². The Bertz CT molecular complexity index is 479. The van der Waals surface area contributed by atoms with Crippen LogP contribution in [0.15, 0.2) is 33.4 Å². The number of oxazole rings is 1. The molecule has 0 spiro atoms. The van der Waals surface area contributed by atoms with Crippen LogP contribution in [0, 0.1) is 6.92 Å². The Kier molecular flexibility index (Phi) is 2.77. The van der Waals surface area contributed by atoms with Crippen LogP contribution in [0.2, 0.25) is 0 Å². The molecule has 0 bridgehead atoms. The van der Waals surface area contributed by atoms with E-state index < -0.39 is 0 Å². The van der Waals surface area contributed by atoms with Crippen LogP contribution in [0.1, 0.15) is 5.89 Å². The predicted molar refractivity (Wildman–Crippen MR) is 60.9 cm³/mol. The molecule has 0 aliphatic rings. The zero-order valence-electron chi connectivity index (χ0n) is 8.45. The molecule has 0 saturated heterocycles. The molecule has 0 N–H and O–H groups in total. The summed E-state index contributed by atoms with van der Waals surface area (Å²) < 4.78 is 11.2. The highest BCUT2D eigenvalue weighted by molar-refractivity contribution is 9.10. The molecule has 3 nitrogen and oxygen atoms in total. The zero-order valence-corrected chi connectivity index (χ0v) is 10.0. The van der Waals surface area contributed by atoms with Crippen molar-refractivity contribution in [3.63, 3.8) is 0 Å². The van der Waals surface area contributed by atoms with Gasteiger partial charge < -0.3 is 9.15 Å². The number of halogens is 1. The second kappa shape index (κ2) is 4.06. The van der Waals surface area contributed by atoms with E-state index in [4.69, 9.17) is 9.15 Å². The second-order valence-electron chi connectivity index (χ2n) is 3.06. The van der Waals surface area contributed by atoms with Gasteiger partial charge in [-0.25, -0.2) is 4.98 Å². The van der Waals surface area contributed by atoms with E-state index in [-0.39, 0.29) is 0 Å². The van der Waals surface area contributed by atoms with E-state index in [1.807, 2.05) is 31.2 Å². The standard InChI is InChI=1S/C11H10BrNO2/c1-7-13-10(11(12)15-7)8-5-3-4-6-9(8)14-2/h3-6H,1-2H3. The molecule has 0 aliphatic carbocycles. The second-order valence-corrected chi connectivity index (χ2v) is 3.78. The summed E-state index contributed by atoms with van der Waals surface area (Å²) in [4.78, 5) is 4.30. The van der Waals surface area contributed by atoms with Crippen molar-refractivity contribution in [3.05, 3.63) is 34.8 Å². The first-order valence-electron chi connectivity index (χ1n) is 4.48. The van der Waals surface area contributed by atoms with Crippen LogP contribution in [-0.4, -0.2) is 12.1 Å². The third kappa shape index (κ3) is 1.90. The van der Waals surface area contributed by atoms with Gasteiger partial charge in [0.15, 0.2) is 10.6 Å². The molecule has 4 heteroatoms. The van der Waals surface area contributed by atoms with Gasteiger partial charge in [0.05, 0.1) is 7.11 Å². The van der Waals surface area contributed by atoms with Crippen LogP contribution in [0.3, 0.4) is 0 Å². The van der Waals surface area contributed by atoms with E-state index in [1.54, 1.807) is 7.11 Å². The third-order valence-electron chi connectivity index (χ3n) is 2.05. The number of hydrogen-bond donors (Lipinski definition) is 0. The van der Waals surface area contributed by atoms with Crippen LogP contribution >= 0.6 is 15.9 Å².